The first-order valence-electron chi connectivity index (χ1n) is 9.36. The van der Waals surface area contributed by atoms with Crippen LogP contribution in [-0.4, -0.2) is 26.0 Å². The summed E-state index contributed by atoms with van der Waals surface area (Å²) >= 11 is 3.24. The Bertz CT molecular complexity index is 842. The summed E-state index contributed by atoms with van der Waals surface area (Å²) in [5.74, 6) is 0.544. The highest BCUT2D eigenvalue weighted by atomic mass is 32.2. The van der Waals surface area contributed by atoms with E-state index in [0.29, 0.717) is 5.75 Å². The fraction of sp³-hybridized carbons (Fsp3) is 0.684. The van der Waals surface area contributed by atoms with Gasteiger partial charge >= 0.3 is 0 Å². The second kappa shape index (κ2) is 6.71. The van der Waals surface area contributed by atoms with Crippen LogP contribution in [0.1, 0.15) is 68.9 Å². The van der Waals surface area contributed by atoms with Gasteiger partial charge in [-0.1, -0.05) is 24.6 Å². The molecule has 1 saturated carbocycles. The molecule has 4 nitrogen and oxygen atoms in total. The molecular formula is C19H26N2O2S2. The summed E-state index contributed by atoms with van der Waals surface area (Å²) in [5.41, 5.74) is 0.663. The van der Waals surface area contributed by atoms with Crippen molar-refractivity contribution in [2.24, 2.45) is 0 Å². The normalized spacial score (nSPS) is 18.8. The number of nitrogens with zero attached hydrogens (tertiary/aromatic N) is 2. The third-order valence-electron chi connectivity index (χ3n) is 5.23. The van der Waals surface area contributed by atoms with E-state index in [0.717, 1.165) is 41.1 Å². The Morgan fingerprint density at radius 2 is 1.96 bits per heavy atom. The monoisotopic (exact) mass is 378 g/mol. The van der Waals surface area contributed by atoms with Crippen molar-refractivity contribution >= 4 is 33.3 Å². The van der Waals surface area contributed by atoms with Crippen LogP contribution < -0.4 is 5.56 Å². The van der Waals surface area contributed by atoms with Crippen molar-refractivity contribution in [3.63, 3.8) is 0 Å². The van der Waals surface area contributed by atoms with Gasteiger partial charge in [-0.05, 0) is 57.9 Å². The molecule has 0 aromatic carbocycles. The first-order valence-corrected chi connectivity index (χ1v) is 11.2. The van der Waals surface area contributed by atoms with Crippen molar-refractivity contribution in [2.45, 2.75) is 82.0 Å². The molecule has 0 saturated heterocycles. The molecule has 6 heteroatoms. The highest BCUT2D eigenvalue weighted by molar-refractivity contribution is 7.99. The minimum absolute atomic E-state index is 0.162. The number of aryl methyl sites for hydroxylation is 2. The summed E-state index contributed by atoms with van der Waals surface area (Å²) in [6.07, 6.45) is 9.01. The standard InChI is InChI=1S/C19H26N2O2S2/c1-19(2,23)11-24-18-20-16-15(13-9-5-6-10-14(13)25-16)17(22)21(18)12-7-3-4-8-12/h12,23H,3-11H2,1-2H3. The van der Waals surface area contributed by atoms with E-state index in [4.69, 9.17) is 4.98 Å². The zero-order chi connectivity index (χ0) is 17.6. The minimum atomic E-state index is -0.771. The average molecular weight is 379 g/mol. The molecule has 0 atom stereocenters. The number of rotatable bonds is 4. The van der Waals surface area contributed by atoms with Gasteiger partial charge in [-0.3, -0.25) is 9.36 Å². The first kappa shape index (κ1) is 17.6. The molecular weight excluding hydrogens is 352 g/mol. The minimum Gasteiger partial charge on any atom is -0.390 e. The summed E-state index contributed by atoms with van der Waals surface area (Å²) in [4.78, 5) is 20.6. The molecule has 0 spiro atoms. The lowest BCUT2D eigenvalue weighted by Crippen LogP contribution is -2.28. The number of aromatic nitrogens is 2. The maximum absolute atomic E-state index is 13.4. The number of thioether (sulfide) groups is 1. The number of hydrogen-bond donors (Lipinski definition) is 1. The van der Waals surface area contributed by atoms with E-state index in [9.17, 15) is 9.90 Å². The van der Waals surface area contributed by atoms with Gasteiger partial charge in [0.1, 0.15) is 4.83 Å². The molecule has 0 aliphatic heterocycles. The molecule has 0 unspecified atom stereocenters. The lowest BCUT2D eigenvalue weighted by Gasteiger charge is -2.21. The third-order valence-corrected chi connectivity index (χ3v) is 7.82. The molecule has 136 valence electrons. The largest absolute Gasteiger partial charge is 0.390 e. The van der Waals surface area contributed by atoms with E-state index in [1.54, 1.807) is 25.2 Å². The topological polar surface area (TPSA) is 55.1 Å². The molecule has 0 bridgehead atoms. The van der Waals surface area contributed by atoms with E-state index >= 15 is 0 Å². The smallest absolute Gasteiger partial charge is 0.263 e. The van der Waals surface area contributed by atoms with Gasteiger partial charge in [0.2, 0.25) is 0 Å². The molecule has 2 heterocycles. The Morgan fingerprint density at radius 3 is 2.68 bits per heavy atom. The van der Waals surface area contributed by atoms with Crippen LogP contribution in [0.2, 0.25) is 0 Å². The van der Waals surface area contributed by atoms with Gasteiger partial charge in [-0.15, -0.1) is 11.3 Å². The Morgan fingerprint density at radius 1 is 1.24 bits per heavy atom. The van der Waals surface area contributed by atoms with Gasteiger partial charge < -0.3 is 5.11 Å². The third kappa shape index (κ3) is 3.40. The summed E-state index contributed by atoms with van der Waals surface area (Å²) < 4.78 is 1.97. The summed E-state index contributed by atoms with van der Waals surface area (Å²) in [7, 11) is 0. The van der Waals surface area contributed by atoms with Crippen molar-refractivity contribution in [1.29, 1.82) is 0 Å². The van der Waals surface area contributed by atoms with Crippen molar-refractivity contribution in [2.75, 3.05) is 5.75 Å². The Labute approximate surface area is 156 Å². The fourth-order valence-electron chi connectivity index (χ4n) is 4.03. The Hall–Kier alpha value is -0.850. The lowest BCUT2D eigenvalue weighted by atomic mass is 9.97. The zero-order valence-corrected chi connectivity index (χ0v) is 16.6. The number of aliphatic hydroxyl groups is 1. The molecule has 1 N–H and O–H groups in total. The molecule has 4 rings (SSSR count). The molecule has 0 radical (unpaired) electrons. The molecule has 2 aliphatic carbocycles. The predicted octanol–water partition coefficient (Wildman–Crippen LogP) is 4.31. The van der Waals surface area contributed by atoms with Crippen LogP contribution in [0.25, 0.3) is 10.2 Å². The second-order valence-corrected chi connectivity index (χ2v) is 10.0. The maximum atomic E-state index is 13.4. The van der Waals surface area contributed by atoms with Crippen LogP contribution in [0.4, 0.5) is 0 Å². The maximum Gasteiger partial charge on any atom is 0.263 e. The van der Waals surface area contributed by atoms with Crippen LogP contribution in [0.15, 0.2) is 9.95 Å². The highest BCUT2D eigenvalue weighted by Crippen LogP contribution is 2.37. The van der Waals surface area contributed by atoms with Crippen molar-refractivity contribution in [3.8, 4) is 0 Å². The molecule has 25 heavy (non-hydrogen) atoms. The molecule has 2 aliphatic rings. The van der Waals surface area contributed by atoms with Crippen molar-refractivity contribution < 1.29 is 5.11 Å². The van der Waals surface area contributed by atoms with Gasteiger partial charge in [-0.25, -0.2) is 4.98 Å². The van der Waals surface area contributed by atoms with E-state index in [1.165, 1.54) is 47.9 Å². The zero-order valence-electron chi connectivity index (χ0n) is 15.0. The van der Waals surface area contributed by atoms with Gasteiger partial charge in [0.15, 0.2) is 5.16 Å². The van der Waals surface area contributed by atoms with Crippen LogP contribution in [0, 0.1) is 0 Å². The van der Waals surface area contributed by atoms with Gasteiger partial charge in [0, 0.05) is 16.7 Å². The van der Waals surface area contributed by atoms with Gasteiger partial charge in [-0.2, -0.15) is 0 Å². The summed E-state index contributed by atoms with van der Waals surface area (Å²) in [6, 6.07) is 0.271. The van der Waals surface area contributed by atoms with Crippen molar-refractivity contribution in [1.82, 2.24) is 9.55 Å². The fourth-order valence-corrected chi connectivity index (χ4v) is 6.35. The Balaban J connectivity index is 1.86. The van der Waals surface area contributed by atoms with E-state index in [2.05, 4.69) is 0 Å². The molecule has 0 amide bonds. The molecule has 2 aromatic heterocycles. The van der Waals surface area contributed by atoms with Crippen LogP contribution >= 0.6 is 23.1 Å². The number of hydrogen-bond acceptors (Lipinski definition) is 5. The predicted molar refractivity (Wildman–Crippen MR) is 105 cm³/mol. The van der Waals surface area contributed by atoms with Gasteiger partial charge in [0.05, 0.1) is 11.0 Å². The van der Waals surface area contributed by atoms with Gasteiger partial charge in [0.25, 0.3) is 5.56 Å². The van der Waals surface area contributed by atoms with Crippen LogP contribution in [-0.2, 0) is 12.8 Å². The van der Waals surface area contributed by atoms with E-state index < -0.39 is 5.60 Å². The second-order valence-electron chi connectivity index (χ2n) is 8.00. The molecule has 1 fully saturated rings. The summed E-state index contributed by atoms with van der Waals surface area (Å²) in [6.45, 7) is 3.61. The summed E-state index contributed by atoms with van der Waals surface area (Å²) in [5, 5.41) is 11.8. The van der Waals surface area contributed by atoms with Crippen molar-refractivity contribution in [3.05, 3.63) is 20.8 Å². The first-order chi connectivity index (χ1) is 11.9. The number of fused-ring (bicyclic) bond motifs is 3. The van der Waals surface area contributed by atoms with E-state index in [-0.39, 0.29) is 11.6 Å². The number of thiophene rings is 1. The highest BCUT2D eigenvalue weighted by Gasteiger charge is 2.27. The average Bonchev–Trinajstić information content (AvgIpc) is 3.19. The van der Waals surface area contributed by atoms with E-state index in [1.807, 2.05) is 4.57 Å². The molecule has 2 aromatic rings. The quantitative estimate of drug-likeness (QED) is 0.636. The SMILES string of the molecule is CC(C)(O)CSc1nc2sc3c(c2c(=O)n1C1CCCC1)CCCC3. The lowest BCUT2D eigenvalue weighted by molar-refractivity contribution is 0.107. The van der Waals surface area contributed by atoms with Crippen LogP contribution in [0.5, 0.6) is 0 Å². The Kier molecular flexibility index (Phi) is 4.71. The van der Waals surface area contributed by atoms with Crippen LogP contribution in [0.3, 0.4) is 0 Å².